The zero-order chi connectivity index (χ0) is 18.6. The van der Waals surface area contributed by atoms with Gasteiger partial charge in [-0.3, -0.25) is 4.79 Å². The highest BCUT2D eigenvalue weighted by atomic mass is 35.5. The molecule has 150 valence electrons. The van der Waals surface area contributed by atoms with Gasteiger partial charge in [-0.25, -0.2) is 0 Å². The Morgan fingerprint density at radius 3 is 1.16 bits per heavy atom. The van der Waals surface area contributed by atoms with Crippen LogP contribution in [0.4, 0.5) is 0 Å². The highest BCUT2D eigenvalue weighted by Gasteiger charge is 2.15. The molecule has 0 fully saturated rings. The third-order valence-electron chi connectivity index (χ3n) is 5.38. The van der Waals surface area contributed by atoms with Gasteiger partial charge in [-0.1, -0.05) is 123 Å². The molecule has 0 heterocycles. The van der Waals surface area contributed by atoms with Crippen molar-refractivity contribution in [2.24, 2.45) is 5.92 Å². The number of carbonyl (C=O) groups is 1. The second-order valence-electron chi connectivity index (χ2n) is 7.88. The van der Waals surface area contributed by atoms with E-state index in [0.29, 0.717) is 0 Å². The summed E-state index contributed by atoms with van der Waals surface area (Å²) < 4.78 is 0. The molecule has 1 atom stereocenters. The van der Waals surface area contributed by atoms with Gasteiger partial charge in [0.15, 0.2) is 0 Å². The van der Waals surface area contributed by atoms with E-state index in [1.165, 1.54) is 103 Å². The molecule has 0 amide bonds. The molecule has 0 aliphatic heterocycles. The minimum absolute atomic E-state index is 0.101. The van der Waals surface area contributed by atoms with Crippen LogP contribution in [0.1, 0.15) is 136 Å². The lowest BCUT2D eigenvalue weighted by Gasteiger charge is -2.12. The molecule has 0 aromatic carbocycles. The van der Waals surface area contributed by atoms with Gasteiger partial charge in [0.05, 0.1) is 0 Å². The molecule has 0 saturated heterocycles. The van der Waals surface area contributed by atoms with E-state index in [4.69, 9.17) is 11.6 Å². The van der Waals surface area contributed by atoms with Crippen molar-refractivity contribution < 1.29 is 4.79 Å². The first-order chi connectivity index (χ1) is 12.2. The van der Waals surface area contributed by atoms with E-state index in [9.17, 15) is 4.79 Å². The van der Waals surface area contributed by atoms with E-state index in [2.05, 4.69) is 13.8 Å². The van der Waals surface area contributed by atoms with Crippen LogP contribution in [0.2, 0.25) is 0 Å². The van der Waals surface area contributed by atoms with Gasteiger partial charge in [0.25, 0.3) is 0 Å². The number of hydrogen-bond acceptors (Lipinski definition) is 1. The molecule has 1 unspecified atom stereocenters. The zero-order valence-corrected chi connectivity index (χ0v) is 18.1. The quantitative estimate of drug-likeness (QED) is 0.154. The molecular weight excluding hydrogens is 328 g/mol. The van der Waals surface area contributed by atoms with Gasteiger partial charge in [0, 0.05) is 5.92 Å². The van der Waals surface area contributed by atoms with Gasteiger partial charge < -0.3 is 0 Å². The molecule has 0 spiro atoms. The lowest BCUT2D eigenvalue weighted by molar-refractivity contribution is -0.115. The maximum absolute atomic E-state index is 11.5. The number of carbonyl (C=O) groups excluding carboxylic acids is 1. The van der Waals surface area contributed by atoms with Gasteiger partial charge in [-0.2, -0.15) is 0 Å². The Balaban J connectivity index is 3.35. The van der Waals surface area contributed by atoms with Gasteiger partial charge in [-0.15, -0.1) is 0 Å². The van der Waals surface area contributed by atoms with Crippen LogP contribution in [0.5, 0.6) is 0 Å². The van der Waals surface area contributed by atoms with Crippen molar-refractivity contribution in [1.82, 2.24) is 0 Å². The van der Waals surface area contributed by atoms with E-state index in [0.717, 1.165) is 19.3 Å². The Kier molecular flexibility index (Phi) is 20.2. The summed E-state index contributed by atoms with van der Waals surface area (Å²) >= 11 is 5.77. The van der Waals surface area contributed by atoms with Crippen molar-refractivity contribution in [2.45, 2.75) is 136 Å². The minimum Gasteiger partial charge on any atom is -0.281 e. The normalized spacial score (nSPS) is 12.4. The van der Waals surface area contributed by atoms with Crippen LogP contribution in [0.3, 0.4) is 0 Å². The molecule has 0 radical (unpaired) electrons. The number of rotatable bonds is 20. The van der Waals surface area contributed by atoms with E-state index in [1.807, 2.05) is 0 Å². The maximum atomic E-state index is 11.5. The van der Waals surface area contributed by atoms with Crippen molar-refractivity contribution in [3.05, 3.63) is 0 Å². The summed E-state index contributed by atoms with van der Waals surface area (Å²) in [4.78, 5) is 11.5. The molecule has 2 heteroatoms. The second-order valence-corrected chi connectivity index (χ2v) is 8.25. The van der Waals surface area contributed by atoms with Crippen LogP contribution in [0, 0.1) is 5.92 Å². The second kappa shape index (κ2) is 20.3. The average molecular weight is 373 g/mol. The first-order valence-electron chi connectivity index (χ1n) is 11.4. The molecule has 1 nitrogen and oxygen atoms in total. The van der Waals surface area contributed by atoms with Gasteiger partial charge >= 0.3 is 0 Å². The predicted octanol–water partition coefficient (Wildman–Crippen LogP) is 8.82. The smallest absolute Gasteiger partial charge is 0.224 e. The number of halogens is 1. The molecule has 0 aromatic rings. The maximum Gasteiger partial charge on any atom is 0.224 e. The summed E-state index contributed by atoms with van der Waals surface area (Å²) in [5.41, 5.74) is 0. The summed E-state index contributed by atoms with van der Waals surface area (Å²) in [6.07, 6.45) is 24.8. The molecule has 0 aromatic heterocycles. The van der Waals surface area contributed by atoms with Crippen LogP contribution in [0.15, 0.2) is 0 Å². The molecule has 0 bridgehead atoms. The van der Waals surface area contributed by atoms with E-state index in [-0.39, 0.29) is 11.2 Å². The topological polar surface area (TPSA) is 17.1 Å². The summed E-state index contributed by atoms with van der Waals surface area (Å²) in [5, 5.41) is -0.101. The highest BCUT2D eigenvalue weighted by molar-refractivity contribution is 6.63. The summed E-state index contributed by atoms with van der Waals surface area (Å²) in [6.45, 7) is 4.50. The van der Waals surface area contributed by atoms with E-state index < -0.39 is 0 Å². The van der Waals surface area contributed by atoms with Gasteiger partial charge in [-0.05, 0) is 24.4 Å². The first kappa shape index (κ1) is 25.0. The van der Waals surface area contributed by atoms with Crippen molar-refractivity contribution in [3.8, 4) is 0 Å². The first-order valence-corrected chi connectivity index (χ1v) is 11.8. The monoisotopic (exact) mass is 372 g/mol. The molecule has 0 N–H and O–H groups in total. The van der Waals surface area contributed by atoms with Crippen LogP contribution >= 0.6 is 11.6 Å². The third kappa shape index (κ3) is 18.5. The summed E-state index contributed by atoms with van der Waals surface area (Å²) in [5.74, 6) is 0.117. The summed E-state index contributed by atoms with van der Waals surface area (Å²) in [7, 11) is 0. The minimum atomic E-state index is -0.101. The van der Waals surface area contributed by atoms with Crippen molar-refractivity contribution >= 4 is 16.8 Å². The molecule has 0 aliphatic carbocycles. The SMILES string of the molecule is CCCCCCCCCCCCCCCC(CCCCCC)C(=O)Cl. The Labute approximate surface area is 163 Å². The molecule has 25 heavy (non-hydrogen) atoms. The Morgan fingerprint density at radius 1 is 0.560 bits per heavy atom. The van der Waals surface area contributed by atoms with Crippen LogP contribution in [0.25, 0.3) is 0 Å². The fourth-order valence-corrected chi connectivity index (χ4v) is 3.82. The van der Waals surface area contributed by atoms with Crippen molar-refractivity contribution in [2.75, 3.05) is 0 Å². The van der Waals surface area contributed by atoms with Gasteiger partial charge in [0.1, 0.15) is 0 Å². The lowest BCUT2D eigenvalue weighted by Crippen LogP contribution is -2.08. The molecule has 0 rings (SSSR count). The van der Waals surface area contributed by atoms with Crippen LogP contribution in [-0.2, 0) is 4.79 Å². The molecule has 0 aliphatic rings. The molecule has 0 saturated carbocycles. The third-order valence-corrected chi connectivity index (χ3v) is 5.69. The number of unbranched alkanes of at least 4 members (excludes halogenated alkanes) is 15. The fraction of sp³-hybridized carbons (Fsp3) is 0.957. The predicted molar refractivity (Wildman–Crippen MR) is 113 cm³/mol. The standard InChI is InChI=1S/C23H45ClO/c1-3-5-7-9-10-11-12-13-14-15-16-17-19-21-22(23(24)25)20-18-8-6-4-2/h22H,3-21H2,1-2H3. The Morgan fingerprint density at radius 2 is 0.840 bits per heavy atom. The average Bonchev–Trinajstić information content (AvgIpc) is 2.60. The van der Waals surface area contributed by atoms with E-state index >= 15 is 0 Å². The fourth-order valence-electron chi connectivity index (χ4n) is 3.60. The van der Waals surface area contributed by atoms with Crippen LogP contribution in [-0.4, -0.2) is 5.24 Å². The molecular formula is C23H45ClO. The van der Waals surface area contributed by atoms with Crippen molar-refractivity contribution in [1.29, 1.82) is 0 Å². The Bertz CT molecular complexity index is 277. The van der Waals surface area contributed by atoms with E-state index in [1.54, 1.807) is 0 Å². The van der Waals surface area contributed by atoms with Gasteiger partial charge in [0.2, 0.25) is 5.24 Å². The largest absolute Gasteiger partial charge is 0.281 e. The summed E-state index contributed by atoms with van der Waals surface area (Å²) in [6, 6.07) is 0. The lowest BCUT2D eigenvalue weighted by atomic mass is 9.95. The zero-order valence-electron chi connectivity index (χ0n) is 17.3. The van der Waals surface area contributed by atoms with Crippen LogP contribution < -0.4 is 0 Å². The highest BCUT2D eigenvalue weighted by Crippen LogP contribution is 2.21. The Hall–Kier alpha value is -0.0400. The number of hydrogen-bond donors (Lipinski definition) is 0. The van der Waals surface area contributed by atoms with Crippen molar-refractivity contribution in [3.63, 3.8) is 0 Å².